The lowest BCUT2D eigenvalue weighted by Crippen LogP contribution is -2.29. The van der Waals surface area contributed by atoms with Crippen LogP contribution in [0.15, 0.2) is 42.5 Å². The minimum Gasteiger partial charge on any atom is -0.479 e. The summed E-state index contributed by atoms with van der Waals surface area (Å²) >= 11 is 5.77. The van der Waals surface area contributed by atoms with Crippen molar-refractivity contribution in [1.29, 1.82) is 0 Å². The highest BCUT2D eigenvalue weighted by Gasteiger charge is 2.18. The second-order valence-corrected chi connectivity index (χ2v) is 6.06. The van der Waals surface area contributed by atoms with Gasteiger partial charge in [0.25, 0.3) is 11.6 Å². The quantitative estimate of drug-likeness (QED) is 0.439. The fraction of sp³-hybridized carbons (Fsp3) is 0.222. The Balaban J connectivity index is 1.84. The minimum atomic E-state index is -0.917. The normalized spacial score (nSPS) is 11.4. The van der Waals surface area contributed by atoms with Gasteiger partial charge in [-0.25, -0.2) is 4.79 Å². The van der Waals surface area contributed by atoms with Gasteiger partial charge in [0.05, 0.1) is 4.92 Å². The number of hydrogen-bond acceptors (Lipinski definition) is 6. The molecule has 1 N–H and O–H groups in total. The van der Waals surface area contributed by atoms with Crippen LogP contribution in [0.5, 0.6) is 5.75 Å². The number of ether oxygens (including phenoxy) is 2. The Morgan fingerprint density at radius 1 is 1.22 bits per heavy atom. The van der Waals surface area contributed by atoms with Gasteiger partial charge < -0.3 is 14.8 Å². The van der Waals surface area contributed by atoms with E-state index in [9.17, 15) is 19.7 Å². The summed E-state index contributed by atoms with van der Waals surface area (Å²) in [6.45, 7) is 2.61. The maximum Gasteiger partial charge on any atom is 0.347 e. The molecule has 0 radical (unpaired) electrons. The van der Waals surface area contributed by atoms with Crippen LogP contribution in [0.4, 0.5) is 11.4 Å². The number of carbonyl (C=O) groups excluding carboxylic acids is 2. The monoisotopic (exact) mass is 392 g/mol. The van der Waals surface area contributed by atoms with E-state index in [1.807, 2.05) is 0 Å². The van der Waals surface area contributed by atoms with Crippen LogP contribution in [0.3, 0.4) is 0 Å². The van der Waals surface area contributed by atoms with Crippen molar-refractivity contribution in [2.75, 3.05) is 11.9 Å². The SMILES string of the molecule is Cc1cc([N+](=O)[O-])ccc1NC(=O)COC(=O)[C@@H](C)Oc1ccc(Cl)cc1. The smallest absolute Gasteiger partial charge is 0.347 e. The number of anilines is 1. The largest absolute Gasteiger partial charge is 0.479 e. The molecule has 2 rings (SSSR count). The van der Waals surface area contributed by atoms with Crippen molar-refractivity contribution in [3.8, 4) is 5.75 Å². The standard InChI is InChI=1S/C18H17ClN2O6/c1-11-9-14(21(24)25)5-8-16(11)20-17(22)10-26-18(23)12(2)27-15-6-3-13(19)4-7-15/h3-9,12H,10H2,1-2H3,(H,20,22)/t12-/m1/s1. The number of nitro benzene ring substituents is 1. The number of amides is 1. The maximum absolute atomic E-state index is 11.9. The number of esters is 1. The van der Waals surface area contributed by atoms with E-state index in [-0.39, 0.29) is 5.69 Å². The molecule has 0 heterocycles. The minimum absolute atomic E-state index is 0.0786. The fourth-order valence-corrected chi connectivity index (χ4v) is 2.23. The number of non-ortho nitro benzene ring substituents is 1. The first-order chi connectivity index (χ1) is 12.8. The summed E-state index contributed by atoms with van der Waals surface area (Å²) in [6.07, 6.45) is -0.917. The highest BCUT2D eigenvalue weighted by atomic mass is 35.5. The molecule has 1 amide bonds. The van der Waals surface area contributed by atoms with Crippen molar-refractivity contribution in [2.45, 2.75) is 20.0 Å². The summed E-state index contributed by atoms with van der Waals surface area (Å²) in [4.78, 5) is 34.1. The Labute approximate surface area is 160 Å². The van der Waals surface area contributed by atoms with Gasteiger partial charge in [-0.05, 0) is 49.7 Å². The number of benzene rings is 2. The molecular weight excluding hydrogens is 376 g/mol. The molecule has 27 heavy (non-hydrogen) atoms. The Kier molecular flexibility index (Phi) is 6.73. The molecule has 0 saturated carbocycles. The maximum atomic E-state index is 11.9. The van der Waals surface area contributed by atoms with Gasteiger partial charge in [-0.2, -0.15) is 0 Å². The van der Waals surface area contributed by atoms with Gasteiger partial charge in [-0.1, -0.05) is 11.6 Å². The zero-order chi connectivity index (χ0) is 20.0. The third kappa shape index (κ3) is 5.96. The van der Waals surface area contributed by atoms with Gasteiger partial charge in [0.2, 0.25) is 0 Å². The predicted octanol–water partition coefficient (Wildman–Crippen LogP) is 3.51. The lowest BCUT2D eigenvalue weighted by molar-refractivity contribution is -0.384. The molecule has 1 atom stereocenters. The predicted molar refractivity (Wildman–Crippen MR) is 99.0 cm³/mol. The Bertz CT molecular complexity index is 853. The van der Waals surface area contributed by atoms with E-state index in [2.05, 4.69) is 5.32 Å². The highest BCUT2D eigenvalue weighted by molar-refractivity contribution is 6.30. The first kappa shape index (κ1) is 20.2. The molecule has 0 aromatic heterocycles. The lowest BCUT2D eigenvalue weighted by atomic mass is 10.2. The molecule has 2 aromatic carbocycles. The van der Waals surface area contributed by atoms with Crippen molar-refractivity contribution in [2.24, 2.45) is 0 Å². The third-order valence-corrected chi connectivity index (χ3v) is 3.75. The van der Waals surface area contributed by atoms with E-state index in [0.29, 0.717) is 22.0 Å². The summed E-state index contributed by atoms with van der Waals surface area (Å²) in [6, 6.07) is 10.5. The molecule has 0 fully saturated rings. The van der Waals surface area contributed by atoms with Crippen molar-refractivity contribution < 1.29 is 24.0 Å². The summed E-state index contributed by atoms with van der Waals surface area (Å²) in [5.41, 5.74) is 0.834. The molecule has 0 saturated heterocycles. The molecular formula is C18H17ClN2O6. The molecule has 0 unspecified atom stereocenters. The summed E-state index contributed by atoms with van der Waals surface area (Å²) in [7, 11) is 0. The Morgan fingerprint density at radius 3 is 2.48 bits per heavy atom. The molecule has 0 aliphatic carbocycles. The molecule has 0 bridgehead atoms. The molecule has 9 heteroatoms. The van der Waals surface area contributed by atoms with E-state index in [0.717, 1.165) is 0 Å². The van der Waals surface area contributed by atoms with Crippen LogP contribution in [-0.2, 0) is 14.3 Å². The third-order valence-electron chi connectivity index (χ3n) is 3.50. The average molecular weight is 393 g/mol. The van der Waals surface area contributed by atoms with E-state index in [4.69, 9.17) is 21.1 Å². The molecule has 142 valence electrons. The second kappa shape index (κ2) is 9.00. The van der Waals surface area contributed by atoms with Gasteiger partial charge in [-0.15, -0.1) is 0 Å². The van der Waals surface area contributed by atoms with Crippen molar-refractivity contribution in [1.82, 2.24) is 0 Å². The lowest BCUT2D eigenvalue weighted by Gasteiger charge is -2.14. The van der Waals surface area contributed by atoms with E-state index in [1.54, 1.807) is 31.2 Å². The summed E-state index contributed by atoms with van der Waals surface area (Å²) < 4.78 is 10.3. The molecule has 0 aliphatic heterocycles. The van der Waals surface area contributed by atoms with Crippen LogP contribution in [0.2, 0.25) is 5.02 Å². The van der Waals surface area contributed by atoms with Gasteiger partial charge in [0.15, 0.2) is 12.7 Å². The number of aryl methyl sites for hydroxylation is 1. The van der Waals surface area contributed by atoms with Gasteiger partial charge >= 0.3 is 5.97 Å². The number of carbonyl (C=O) groups is 2. The molecule has 2 aromatic rings. The second-order valence-electron chi connectivity index (χ2n) is 5.63. The van der Waals surface area contributed by atoms with Crippen molar-refractivity contribution in [3.63, 3.8) is 0 Å². The zero-order valence-electron chi connectivity index (χ0n) is 14.6. The van der Waals surface area contributed by atoms with Crippen LogP contribution in [0, 0.1) is 17.0 Å². The Hall–Kier alpha value is -3.13. The fourth-order valence-electron chi connectivity index (χ4n) is 2.11. The number of halogens is 1. The first-order valence-corrected chi connectivity index (χ1v) is 8.28. The number of nitrogens with one attached hydrogen (secondary N) is 1. The van der Waals surface area contributed by atoms with E-state index in [1.165, 1.54) is 25.1 Å². The summed E-state index contributed by atoms with van der Waals surface area (Å²) in [5.74, 6) is -0.839. The number of nitro groups is 1. The molecule has 0 spiro atoms. The topological polar surface area (TPSA) is 108 Å². The first-order valence-electron chi connectivity index (χ1n) is 7.90. The highest BCUT2D eigenvalue weighted by Crippen LogP contribution is 2.21. The van der Waals surface area contributed by atoms with Gasteiger partial charge in [0, 0.05) is 22.8 Å². The van der Waals surface area contributed by atoms with Gasteiger partial charge in [0.1, 0.15) is 5.75 Å². The summed E-state index contributed by atoms with van der Waals surface area (Å²) in [5, 5.41) is 13.8. The number of nitrogens with zero attached hydrogens (tertiary/aromatic N) is 1. The van der Waals surface area contributed by atoms with Crippen LogP contribution in [0.25, 0.3) is 0 Å². The van der Waals surface area contributed by atoms with E-state index >= 15 is 0 Å². The zero-order valence-corrected chi connectivity index (χ0v) is 15.4. The van der Waals surface area contributed by atoms with Crippen LogP contribution in [-0.4, -0.2) is 29.5 Å². The number of rotatable bonds is 7. The van der Waals surface area contributed by atoms with Crippen LogP contribution >= 0.6 is 11.6 Å². The van der Waals surface area contributed by atoms with Crippen LogP contribution in [0.1, 0.15) is 12.5 Å². The molecule has 8 nitrogen and oxygen atoms in total. The number of hydrogen-bond donors (Lipinski definition) is 1. The molecule has 0 aliphatic rings. The van der Waals surface area contributed by atoms with Crippen LogP contribution < -0.4 is 10.1 Å². The average Bonchev–Trinajstić information content (AvgIpc) is 2.63. The van der Waals surface area contributed by atoms with Gasteiger partial charge in [-0.3, -0.25) is 14.9 Å². The Morgan fingerprint density at radius 2 is 1.89 bits per heavy atom. The van der Waals surface area contributed by atoms with Crippen molar-refractivity contribution >= 4 is 34.9 Å². The van der Waals surface area contributed by atoms with Crippen molar-refractivity contribution in [3.05, 3.63) is 63.2 Å². The van der Waals surface area contributed by atoms with E-state index < -0.39 is 29.5 Å².